The maximum atomic E-state index is 5.70. The summed E-state index contributed by atoms with van der Waals surface area (Å²) in [6.07, 6.45) is 12.6. The van der Waals surface area contributed by atoms with E-state index in [1.165, 1.54) is 64.1 Å². The lowest BCUT2D eigenvalue weighted by atomic mass is 9.89. The van der Waals surface area contributed by atoms with E-state index in [0.29, 0.717) is 16.4 Å². The van der Waals surface area contributed by atoms with Crippen LogP contribution in [0.2, 0.25) is 10.3 Å². The predicted octanol–water partition coefficient (Wildman–Crippen LogP) is 19.8. The summed E-state index contributed by atoms with van der Waals surface area (Å²) in [5.74, 6) is 2.64. The van der Waals surface area contributed by atoms with Crippen molar-refractivity contribution >= 4 is 85.7 Å². The van der Waals surface area contributed by atoms with Gasteiger partial charge in [0.2, 0.25) is 0 Å². The number of halogens is 4. The molecule has 2 saturated carbocycles. The lowest BCUT2D eigenvalue weighted by Crippen LogP contribution is -2.32. The molecule has 0 N–H and O–H groups in total. The quantitative estimate of drug-likeness (QED) is 0.115. The largest absolute Gasteiger partial charge is 0.389 e. The lowest BCUT2D eigenvalue weighted by molar-refractivity contribution is 0.0123. The van der Waals surface area contributed by atoms with E-state index < -0.39 is 4.33 Å². The van der Waals surface area contributed by atoms with E-state index in [-0.39, 0.29) is 11.0 Å². The second kappa shape index (κ2) is 44.0. The van der Waals surface area contributed by atoms with E-state index in [4.69, 9.17) is 70.0 Å². The van der Waals surface area contributed by atoms with E-state index in [1.807, 2.05) is 124 Å². The zero-order chi connectivity index (χ0) is 68.2. The van der Waals surface area contributed by atoms with Gasteiger partial charge in [0.05, 0.1) is 41.9 Å². The third kappa shape index (κ3) is 38.3. The zero-order valence-electron chi connectivity index (χ0n) is 58.2. The summed E-state index contributed by atoms with van der Waals surface area (Å²) in [4.78, 5) is 21.6. The van der Waals surface area contributed by atoms with Gasteiger partial charge in [-0.25, -0.2) is 9.97 Å². The minimum Gasteiger partial charge on any atom is -0.389 e. The molecule has 13 rings (SSSR count). The normalized spacial score (nSPS) is 18.2. The molecule has 20 heteroatoms. The molecule has 5 aliphatic rings. The Morgan fingerprint density at radius 1 is 0.648 bits per heavy atom. The van der Waals surface area contributed by atoms with Crippen molar-refractivity contribution < 1.29 is 23.6 Å². The number of para-hydroxylation sites is 1. The van der Waals surface area contributed by atoms with Crippen molar-refractivity contribution in [3.05, 3.63) is 168 Å². The molecule has 1 unspecified atom stereocenters. The highest BCUT2D eigenvalue weighted by Crippen LogP contribution is 2.63. The molecule has 0 bridgehead atoms. The Labute approximate surface area is 574 Å². The Bertz CT molecular complexity index is 3040. The first-order valence-electron chi connectivity index (χ1n) is 31.2. The van der Waals surface area contributed by atoms with Crippen LogP contribution in [0.4, 0.5) is 0 Å². The lowest BCUT2D eigenvalue weighted by Gasteiger charge is -2.24. The zero-order valence-corrected chi connectivity index (χ0v) is 62.9. The van der Waals surface area contributed by atoms with Crippen molar-refractivity contribution in [2.45, 2.75) is 172 Å². The molecule has 1 aromatic carbocycles. The van der Waals surface area contributed by atoms with E-state index in [1.54, 1.807) is 41.0 Å². The van der Waals surface area contributed by atoms with Crippen LogP contribution in [-0.4, -0.2) is 115 Å². The molecule has 506 valence electrons. The number of fused-ring (bicyclic) bond motifs is 1. The number of hydrogen-bond donors (Lipinski definition) is 0. The fourth-order valence-corrected chi connectivity index (χ4v) is 10.3. The summed E-state index contributed by atoms with van der Waals surface area (Å²) in [5.41, 5.74) is 11.0. The van der Waals surface area contributed by atoms with Crippen LogP contribution in [0, 0.1) is 79.6 Å². The second-order valence-electron chi connectivity index (χ2n) is 24.8. The van der Waals surface area contributed by atoms with Crippen molar-refractivity contribution in [3.63, 3.8) is 0 Å². The van der Waals surface area contributed by atoms with Gasteiger partial charge >= 0.3 is 0 Å². The highest BCUT2D eigenvalue weighted by Gasteiger charge is 2.59. The first kappa shape index (κ1) is 82.4. The third-order valence-electron chi connectivity index (χ3n) is 14.5. The average molecular weight is 1370 g/mol. The van der Waals surface area contributed by atoms with Gasteiger partial charge in [-0.3, -0.25) is 9.67 Å². The number of alkyl halides is 2. The number of thiazole rings is 1. The number of aryl methyl sites for hydroxylation is 11. The molecule has 1 atom stereocenters. The van der Waals surface area contributed by atoms with Crippen LogP contribution < -0.4 is 0 Å². The Morgan fingerprint density at radius 3 is 1.59 bits per heavy atom. The van der Waals surface area contributed by atoms with Crippen molar-refractivity contribution in [3.8, 4) is 0 Å². The molecule has 2 saturated heterocycles. The maximum absolute atomic E-state index is 5.70. The topological polar surface area (TPSA) is 140 Å². The van der Waals surface area contributed by atoms with Crippen LogP contribution in [0.15, 0.2) is 118 Å². The number of likely N-dealkylation sites (N-methyl/N-ethyl adjacent to an activating group) is 1. The highest BCUT2D eigenvalue weighted by atomic mass is 35.5. The smallest absolute Gasteiger partial charge is 0.137 e. The Kier molecular flexibility index (Phi) is 39.9. The van der Waals surface area contributed by atoms with Gasteiger partial charge in [-0.05, 0) is 199 Å². The van der Waals surface area contributed by atoms with Gasteiger partial charge in [0.25, 0.3) is 0 Å². The molecule has 3 aliphatic heterocycles. The molecule has 4 fully saturated rings. The van der Waals surface area contributed by atoms with E-state index in [2.05, 4.69) is 149 Å². The highest BCUT2D eigenvalue weighted by molar-refractivity contribution is 7.10. The maximum Gasteiger partial charge on any atom is 0.137 e. The molecule has 0 amide bonds. The number of rotatable bonds is 1. The fourth-order valence-electron chi connectivity index (χ4n) is 8.42. The fraction of sp³-hybridized carbons (Fsp3) is 0.549. The van der Waals surface area contributed by atoms with Crippen LogP contribution in [0.5, 0.6) is 0 Å². The number of hydrogen-bond acceptors (Lipinski definition) is 14. The van der Waals surface area contributed by atoms with Crippen LogP contribution in [-0.2, 0) is 33.1 Å². The Balaban J connectivity index is 0.000000339. The minimum absolute atomic E-state index is 0.0376. The molecule has 7 aromatic heterocycles. The van der Waals surface area contributed by atoms with Crippen LogP contribution >= 0.6 is 69.1 Å². The summed E-state index contributed by atoms with van der Waals surface area (Å²) in [7, 11) is 7.98. The summed E-state index contributed by atoms with van der Waals surface area (Å²) < 4.78 is 23.8. The van der Waals surface area contributed by atoms with E-state index in [9.17, 15) is 0 Å². The number of ether oxygens (including phenoxy) is 3. The first-order valence-corrected chi connectivity index (χ1v) is 34.5. The van der Waals surface area contributed by atoms with E-state index >= 15 is 0 Å². The first-order chi connectivity index (χ1) is 42.8. The molecule has 10 heterocycles. The number of thiophene rings is 1. The second-order valence-corrected chi connectivity index (χ2v) is 29.3. The van der Waals surface area contributed by atoms with Crippen molar-refractivity contribution in [1.29, 1.82) is 0 Å². The number of benzene rings is 1. The SMILES string of the molecule is CC1(C)CC1(Cl)Cl.CC1=NOC(C)(C)C1.CC1CCOC1.CN1CCOCC1.COC1CCC(C)CC1.Cc1cc(C)n(C)n1.Cc1cc(C)on1.Cc1cc2ccccc2n1C.Cc1ccc(Cl)nc1.Cc1cccc(Cl)n1.Cc1cccs1.Cc1cncs1. The molecule has 8 aromatic rings. The van der Waals surface area contributed by atoms with Crippen molar-refractivity contribution in [2.75, 3.05) is 53.7 Å². The van der Waals surface area contributed by atoms with Crippen LogP contribution in [0.3, 0.4) is 0 Å². The predicted molar refractivity (Wildman–Crippen MR) is 387 cm³/mol. The number of morpholine rings is 1. The van der Waals surface area contributed by atoms with Crippen molar-refractivity contribution in [1.82, 2.24) is 39.4 Å². The monoisotopic (exact) mass is 1370 g/mol. The summed E-state index contributed by atoms with van der Waals surface area (Å²) >= 11 is 25.9. The summed E-state index contributed by atoms with van der Waals surface area (Å²) in [6.45, 7) is 38.7. The van der Waals surface area contributed by atoms with Gasteiger partial charge in [0.1, 0.15) is 26.0 Å². The third-order valence-corrected chi connectivity index (χ3v) is 17.7. The number of methoxy groups -OCH3 is 1. The van der Waals surface area contributed by atoms with Gasteiger partial charge in [-0.1, -0.05) is 97.6 Å². The number of pyridine rings is 2. The summed E-state index contributed by atoms with van der Waals surface area (Å²) in [5, 5.41) is 16.1. The molecule has 14 nitrogen and oxygen atoms in total. The molecular weight excluding hydrogens is 1260 g/mol. The molecule has 0 radical (unpaired) electrons. The molecule has 0 spiro atoms. The number of nitrogens with zero attached hydrogens (tertiary/aromatic N) is 9. The summed E-state index contributed by atoms with van der Waals surface area (Å²) in [6, 6.07) is 28.0. The number of oxime groups is 1. The van der Waals surface area contributed by atoms with Gasteiger partial charge in [0, 0.05) is 110 Å². The van der Waals surface area contributed by atoms with Gasteiger partial charge in [-0.15, -0.1) is 45.9 Å². The van der Waals surface area contributed by atoms with E-state index in [0.717, 1.165) is 98.3 Å². The Hall–Kier alpha value is -4.72. The van der Waals surface area contributed by atoms with Gasteiger partial charge in [0.15, 0.2) is 0 Å². The van der Waals surface area contributed by atoms with Crippen LogP contribution in [0.25, 0.3) is 10.9 Å². The van der Waals surface area contributed by atoms with Gasteiger partial charge < -0.3 is 33.0 Å². The van der Waals surface area contributed by atoms with Gasteiger partial charge in [-0.2, -0.15) is 5.10 Å². The molecular formula is C71H107Cl4N9O5S2. The average Bonchev–Trinajstić information content (AvgIpc) is 1.61. The van der Waals surface area contributed by atoms with Crippen LogP contribution in [0.1, 0.15) is 143 Å². The Morgan fingerprint density at radius 2 is 1.31 bits per heavy atom. The van der Waals surface area contributed by atoms with Crippen molar-refractivity contribution in [2.24, 2.45) is 36.5 Å². The number of aromatic nitrogens is 7. The molecule has 2 aliphatic carbocycles. The molecule has 91 heavy (non-hydrogen) atoms. The standard InChI is InChI=1S/C10H11N.C8H16O.2C6H6ClN.C6H10N2.C6H11NO.C5H8Cl2.C5H11NO.C5H7NO.C5H10O.C5H6S.C4H5NS/c1-8-7-9-5-3-4-6-10(9)11(8)2;1-7-3-5-8(9-2)6-4-7;1-5-2-3-6(7)8-4-5;1-5-3-2-4-6(7)8-5;1-5-4-6(2)8(3)7-5;1-5-4-6(2,3)8-7-5;1-4(2)3-5(4,6)7;1-6-2-4-7-5-3-6;1-4-3-5(2)7-6-4;1-5-2-3-6-4-5;1-5-3-2-4-6-5;1-4-2-5-3-6-4/h3-7H,1-2H3;7-8H,3-6H2,1-2H3;2*2-4H,1H3;4H,1-3H3;4H2,1-3H3;3H2,1-2H3;2-5H2,1H3;3H,1-2H3;5H,2-4H2,1H3;2-4H,1H3;2-3H,1H3. The minimum atomic E-state index is -0.410.